The maximum atomic E-state index is 5.78. The van der Waals surface area contributed by atoms with E-state index in [4.69, 9.17) is 22.7 Å². The second-order valence-corrected chi connectivity index (χ2v) is 6.14. The van der Waals surface area contributed by atoms with Crippen LogP contribution in [0.25, 0.3) is 0 Å². The maximum absolute atomic E-state index is 5.78. The summed E-state index contributed by atoms with van der Waals surface area (Å²) in [4.78, 5) is 2.94. The highest BCUT2D eigenvalue weighted by Gasteiger charge is 2.22. The van der Waals surface area contributed by atoms with Gasteiger partial charge in [0, 0.05) is 25.6 Å². The van der Waals surface area contributed by atoms with Gasteiger partial charge >= 0.3 is 0 Å². The quantitative estimate of drug-likeness (QED) is 0.818. The number of hydrogen-bond donors (Lipinski definition) is 1. The van der Waals surface area contributed by atoms with Gasteiger partial charge < -0.3 is 10.5 Å². The SMILES string of the molecule is CN(CC1CCCOC1)C(CC(N)=S)c1ccccc1. The summed E-state index contributed by atoms with van der Waals surface area (Å²) >= 11 is 5.12. The van der Waals surface area contributed by atoms with E-state index < -0.39 is 0 Å². The van der Waals surface area contributed by atoms with Crippen LogP contribution in [0.5, 0.6) is 0 Å². The predicted octanol–water partition coefficient (Wildman–Crippen LogP) is 2.76. The monoisotopic (exact) mass is 292 g/mol. The Morgan fingerprint density at radius 3 is 2.80 bits per heavy atom. The third kappa shape index (κ3) is 4.54. The summed E-state index contributed by atoms with van der Waals surface area (Å²) in [6, 6.07) is 10.7. The van der Waals surface area contributed by atoms with Gasteiger partial charge in [0.2, 0.25) is 0 Å². The van der Waals surface area contributed by atoms with Crippen LogP contribution >= 0.6 is 12.2 Å². The standard InChI is InChI=1S/C16H24N2OS/c1-18(11-13-6-5-9-19-12-13)15(10-16(17)20)14-7-3-2-4-8-14/h2-4,7-8,13,15H,5-6,9-12H2,1H3,(H2,17,20). The van der Waals surface area contributed by atoms with Crippen LogP contribution in [-0.2, 0) is 4.74 Å². The molecule has 0 radical (unpaired) electrons. The third-order valence-electron chi connectivity index (χ3n) is 3.91. The van der Waals surface area contributed by atoms with Crippen LogP contribution in [0.3, 0.4) is 0 Å². The van der Waals surface area contributed by atoms with Crippen LogP contribution in [0.4, 0.5) is 0 Å². The van der Waals surface area contributed by atoms with Gasteiger partial charge in [0.05, 0.1) is 11.6 Å². The van der Waals surface area contributed by atoms with Gasteiger partial charge in [-0.15, -0.1) is 0 Å². The van der Waals surface area contributed by atoms with E-state index in [1.165, 1.54) is 18.4 Å². The highest BCUT2D eigenvalue weighted by atomic mass is 32.1. The summed E-state index contributed by atoms with van der Waals surface area (Å²) in [7, 11) is 2.16. The number of ether oxygens (including phenoxy) is 1. The Hall–Kier alpha value is -0.970. The molecule has 3 nitrogen and oxygen atoms in total. The molecule has 2 unspecified atom stereocenters. The minimum atomic E-state index is 0.260. The van der Waals surface area contributed by atoms with Gasteiger partial charge in [-0.1, -0.05) is 42.5 Å². The van der Waals surface area contributed by atoms with Gasteiger partial charge in [-0.05, 0) is 31.4 Å². The van der Waals surface area contributed by atoms with Crippen molar-refractivity contribution in [1.82, 2.24) is 4.90 Å². The smallest absolute Gasteiger partial charge is 0.0746 e. The van der Waals surface area contributed by atoms with Gasteiger partial charge in [0.15, 0.2) is 0 Å². The van der Waals surface area contributed by atoms with Crippen molar-refractivity contribution in [2.75, 3.05) is 26.8 Å². The Labute approximate surface area is 127 Å². The van der Waals surface area contributed by atoms with Crippen LogP contribution in [0.1, 0.15) is 30.9 Å². The van der Waals surface area contributed by atoms with E-state index in [9.17, 15) is 0 Å². The van der Waals surface area contributed by atoms with Crippen LogP contribution in [0.15, 0.2) is 30.3 Å². The fourth-order valence-electron chi connectivity index (χ4n) is 2.88. The van der Waals surface area contributed by atoms with Crippen molar-refractivity contribution in [2.24, 2.45) is 11.7 Å². The van der Waals surface area contributed by atoms with Gasteiger partial charge in [-0.2, -0.15) is 0 Å². The molecule has 0 bridgehead atoms. The lowest BCUT2D eigenvalue weighted by molar-refractivity contribution is 0.0364. The van der Waals surface area contributed by atoms with Crippen molar-refractivity contribution in [3.8, 4) is 0 Å². The van der Waals surface area contributed by atoms with E-state index in [-0.39, 0.29) is 6.04 Å². The minimum Gasteiger partial charge on any atom is -0.393 e. The topological polar surface area (TPSA) is 38.5 Å². The van der Waals surface area contributed by atoms with E-state index in [2.05, 4.69) is 36.2 Å². The van der Waals surface area contributed by atoms with Crippen molar-refractivity contribution >= 4 is 17.2 Å². The molecule has 0 aromatic heterocycles. The van der Waals surface area contributed by atoms with Crippen molar-refractivity contribution in [2.45, 2.75) is 25.3 Å². The Bertz CT molecular complexity index is 418. The van der Waals surface area contributed by atoms with Crippen molar-refractivity contribution in [3.63, 3.8) is 0 Å². The molecule has 2 rings (SSSR count). The molecule has 0 saturated carbocycles. The van der Waals surface area contributed by atoms with E-state index in [1.807, 2.05) is 6.07 Å². The Morgan fingerprint density at radius 2 is 2.20 bits per heavy atom. The zero-order valence-electron chi connectivity index (χ0n) is 12.1. The Morgan fingerprint density at radius 1 is 1.45 bits per heavy atom. The second kappa shape index (κ2) is 7.72. The van der Waals surface area contributed by atoms with E-state index >= 15 is 0 Å². The number of rotatable bonds is 6. The molecule has 0 amide bonds. The molecule has 4 heteroatoms. The summed E-state index contributed by atoms with van der Waals surface area (Å²) in [5.41, 5.74) is 7.06. The molecule has 1 aromatic carbocycles. The predicted molar refractivity (Wildman–Crippen MR) is 86.8 cm³/mol. The summed E-state index contributed by atoms with van der Waals surface area (Å²) in [6.07, 6.45) is 3.14. The van der Waals surface area contributed by atoms with E-state index in [1.54, 1.807) is 0 Å². The largest absolute Gasteiger partial charge is 0.393 e. The molecular weight excluding hydrogens is 268 g/mol. The van der Waals surface area contributed by atoms with Gasteiger partial charge in [-0.25, -0.2) is 0 Å². The minimum absolute atomic E-state index is 0.260. The van der Waals surface area contributed by atoms with Crippen molar-refractivity contribution < 1.29 is 4.74 Å². The lowest BCUT2D eigenvalue weighted by atomic mass is 9.98. The van der Waals surface area contributed by atoms with Crippen LogP contribution in [0.2, 0.25) is 0 Å². The first-order valence-electron chi connectivity index (χ1n) is 7.28. The molecule has 2 atom stereocenters. The normalized spacial score (nSPS) is 20.8. The average Bonchev–Trinajstić information content (AvgIpc) is 2.46. The molecule has 110 valence electrons. The average molecular weight is 292 g/mol. The van der Waals surface area contributed by atoms with Gasteiger partial charge in [0.1, 0.15) is 0 Å². The Balaban J connectivity index is 2.03. The van der Waals surface area contributed by atoms with Crippen LogP contribution < -0.4 is 5.73 Å². The summed E-state index contributed by atoms with van der Waals surface area (Å²) in [5, 5.41) is 0. The molecular formula is C16H24N2OS. The fraction of sp³-hybridized carbons (Fsp3) is 0.562. The molecule has 1 aromatic rings. The zero-order chi connectivity index (χ0) is 14.4. The number of hydrogen-bond acceptors (Lipinski definition) is 3. The molecule has 20 heavy (non-hydrogen) atoms. The number of nitrogens with two attached hydrogens (primary N) is 1. The molecule has 1 saturated heterocycles. The lowest BCUT2D eigenvalue weighted by Crippen LogP contribution is -2.35. The van der Waals surface area contributed by atoms with Crippen molar-refractivity contribution in [1.29, 1.82) is 0 Å². The number of thiocarbonyl (C=S) groups is 1. The summed E-state index contributed by atoms with van der Waals surface area (Å²) in [5.74, 6) is 0.617. The Kier molecular flexibility index (Phi) is 5.95. The molecule has 1 fully saturated rings. The molecule has 1 heterocycles. The highest BCUT2D eigenvalue weighted by Crippen LogP contribution is 2.25. The summed E-state index contributed by atoms with van der Waals surface area (Å²) in [6.45, 7) is 2.82. The van der Waals surface area contributed by atoms with E-state index in [0.717, 1.165) is 26.2 Å². The number of nitrogens with zero attached hydrogens (tertiary/aromatic N) is 1. The highest BCUT2D eigenvalue weighted by molar-refractivity contribution is 7.80. The second-order valence-electron chi connectivity index (χ2n) is 5.62. The molecule has 1 aliphatic rings. The molecule has 0 spiro atoms. The van der Waals surface area contributed by atoms with E-state index in [0.29, 0.717) is 10.9 Å². The van der Waals surface area contributed by atoms with Crippen molar-refractivity contribution in [3.05, 3.63) is 35.9 Å². The maximum Gasteiger partial charge on any atom is 0.0746 e. The third-order valence-corrected chi connectivity index (χ3v) is 4.08. The zero-order valence-corrected chi connectivity index (χ0v) is 12.9. The first-order chi connectivity index (χ1) is 9.66. The molecule has 2 N–H and O–H groups in total. The first kappa shape index (κ1) is 15.4. The summed E-state index contributed by atoms with van der Waals surface area (Å²) < 4.78 is 5.57. The van der Waals surface area contributed by atoms with Crippen LogP contribution in [-0.4, -0.2) is 36.7 Å². The first-order valence-corrected chi connectivity index (χ1v) is 7.69. The molecule has 1 aliphatic heterocycles. The number of benzene rings is 1. The fourth-order valence-corrected chi connectivity index (χ4v) is 3.04. The van der Waals surface area contributed by atoms with Crippen LogP contribution in [0, 0.1) is 5.92 Å². The van der Waals surface area contributed by atoms with Gasteiger partial charge in [-0.3, -0.25) is 4.90 Å². The van der Waals surface area contributed by atoms with Gasteiger partial charge in [0.25, 0.3) is 0 Å². The molecule has 0 aliphatic carbocycles. The lowest BCUT2D eigenvalue weighted by Gasteiger charge is -2.33.